The summed E-state index contributed by atoms with van der Waals surface area (Å²) >= 11 is 0. The lowest BCUT2D eigenvalue weighted by atomic mass is 9.61. The van der Waals surface area contributed by atoms with E-state index in [1.807, 2.05) is 0 Å². The highest BCUT2D eigenvalue weighted by Crippen LogP contribution is 2.52. The Labute approximate surface area is 352 Å². The van der Waals surface area contributed by atoms with Crippen molar-refractivity contribution in [2.75, 3.05) is 4.90 Å². The maximum atomic E-state index is 5.42. The average Bonchev–Trinajstić information content (AvgIpc) is 3.73. The minimum absolute atomic E-state index is 0.00532. The molecule has 10 rings (SSSR count). The van der Waals surface area contributed by atoms with Gasteiger partial charge in [0.25, 0.3) is 0 Å². The van der Waals surface area contributed by atoms with Crippen LogP contribution in [0, 0.1) is 6.92 Å². The van der Waals surface area contributed by atoms with Crippen molar-refractivity contribution in [2.24, 2.45) is 0 Å². The number of aromatic nitrogens is 4. The van der Waals surface area contributed by atoms with Crippen LogP contribution in [0.3, 0.4) is 0 Å². The molecule has 0 saturated heterocycles. The summed E-state index contributed by atoms with van der Waals surface area (Å²) in [6.07, 6.45) is 12.9. The van der Waals surface area contributed by atoms with Crippen LogP contribution < -0.4 is 32.2 Å². The van der Waals surface area contributed by atoms with Gasteiger partial charge in [-0.1, -0.05) is 120 Å². The molecule has 3 aliphatic rings. The van der Waals surface area contributed by atoms with Gasteiger partial charge in [0.05, 0.1) is 11.0 Å². The van der Waals surface area contributed by atoms with E-state index in [0.717, 1.165) is 70.9 Å². The zero-order valence-electron chi connectivity index (χ0n) is 35.5. The number of para-hydroxylation sites is 2. The van der Waals surface area contributed by atoms with Crippen LogP contribution in [0.25, 0.3) is 44.5 Å². The number of rotatable bonds is 6. The minimum Gasteiger partial charge on any atom is -0.311 e. The number of allylic oxidation sites excluding steroid dienone is 8. The fourth-order valence-corrected chi connectivity index (χ4v) is 10.2. The molecular formula is C49H46B5N5. The maximum Gasteiger partial charge on any atom is 0.238 e. The van der Waals surface area contributed by atoms with Gasteiger partial charge in [-0.05, 0) is 96.9 Å². The molecule has 2 heterocycles. The van der Waals surface area contributed by atoms with Crippen molar-refractivity contribution in [3.8, 4) is 5.95 Å². The van der Waals surface area contributed by atoms with Crippen molar-refractivity contribution in [1.82, 2.24) is 19.5 Å². The van der Waals surface area contributed by atoms with Gasteiger partial charge >= 0.3 is 0 Å². The third-order valence-corrected chi connectivity index (χ3v) is 13.8. The second-order valence-electron chi connectivity index (χ2n) is 17.3. The fraction of sp³-hybridized carbons (Fsp3) is 0.163. The lowest BCUT2D eigenvalue weighted by Gasteiger charge is -2.33. The summed E-state index contributed by atoms with van der Waals surface area (Å²) in [5.74, 6) is 2.12. The van der Waals surface area contributed by atoms with Gasteiger partial charge in [0.15, 0.2) is 11.6 Å². The van der Waals surface area contributed by atoms with Crippen LogP contribution in [0.15, 0.2) is 121 Å². The summed E-state index contributed by atoms with van der Waals surface area (Å²) in [5.41, 5.74) is 21.3. The Bertz CT molecular complexity index is 3020. The maximum absolute atomic E-state index is 5.42. The molecule has 0 fully saturated rings. The monoisotopic (exact) mass is 759 g/mol. The number of aryl methyl sites for hydroxylation is 1. The molecule has 3 aliphatic carbocycles. The van der Waals surface area contributed by atoms with Crippen molar-refractivity contribution in [1.29, 1.82) is 0 Å². The number of anilines is 3. The van der Waals surface area contributed by atoms with Gasteiger partial charge in [0, 0.05) is 38.8 Å². The molecule has 0 spiro atoms. The second-order valence-corrected chi connectivity index (χ2v) is 17.3. The summed E-state index contributed by atoms with van der Waals surface area (Å²) in [5, 5.41) is 2.38. The number of hydrogen-bond donors (Lipinski definition) is 0. The minimum atomic E-state index is 0.00532. The van der Waals surface area contributed by atoms with Gasteiger partial charge in [-0.25, -0.2) is 4.98 Å². The van der Waals surface area contributed by atoms with Gasteiger partial charge in [-0.15, -0.1) is 5.46 Å². The number of benzene rings is 5. The Hall–Kier alpha value is -6.01. The summed E-state index contributed by atoms with van der Waals surface area (Å²) in [6.45, 7) is 7.02. The Morgan fingerprint density at radius 2 is 1.37 bits per heavy atom. The van der Waals surface area contributed by atoms with Crippen molar-refractivity contribution in [3.05, 3.63) is 149 Å². The number of hydrogen-bond acceptors (Lipinski definition) is 4. The molecule has 7 aromatic rings. The summed E-state index contributed by atoms with van der Waals surface area (Å²) in [4.78, 5) is 18.5. The molecule has 2 aromatic heterocycles. The van der Waals surface area contributed by atoms with Crippen LogP contribution >= 0.6 is 0 Å². The highest BCUT2D eigenvalue weighted by molar-refractivity contribution is 6.69. The van der Waals surface area contributed by atoms with Crippen LogP contribution in [-0.2, 0) is 5.41 Å². The molecule has 0 bridgehead atoms. The highest BCUT2D eigenvalue weighted by atomic mass is 15.2. The van der Waals surface area contributed by atoms with E-state index in [2.05, 4.69) is 185 Å². The molecule has 5 nitrogen and oxygen atoms in total. The first kappa shape index (κ1) is 37.3. The van der Waals surface area contributed by atoms with Gasteiger partial charge in [-0.3, -0.25) is 4.57 Å². The lowest BCUT2D eigenvalue weighted by molar-refractivity contribution is 0.608. The van der Waals surface area contributed by atoms with Crippen LogP contribution in [-0.4, -0.2) is 58.8 Å². The number of fused-ring (bicyclic) bond motifs is 5. The average molecular weight is 759 g/mol. The molecule has 0 saturated carbocycles. The Morgan fingerprint density at radius 3 is 2.14 bits per heavy atom. The zero-order valence-corrected chi connectivity index (χ0v) is 35.5. The molecule has 0 unspecified atom stereocenters. The first-order valence-corrected chi connectivity index (χ1v) is 21.2. The van der Waals surface area contributed by atoms with E-state index in [0.29, 0.717) is 5.95 Å². The summed E-state index contributed by atoms with van der Waals surface area (Å²) in [6, 6.07) is 33.0. The van der Waals surface area contributed by atoms with E-state index in [4.69, 9.17) is 15.0 Å². The molecule has 59 heavy (non-hydrogen) atoms. The van der Waals surface area contributed by atoms with Crippen molar-refractivity contribution >= 4 is 122 Å². The fourth-order valence-electron chi connectivity index (χ4n) is 10.2. The molecule has 0 amide bonds. The second kappa shape index (κ2) is 14.1. The summed E-state index contributed by atoms with van der Waals surface area (Å²) in [7, 11) is 11.3. The van der Waals surface area contributed by atoms with Gasteiger partial charge in [0.1, 0.15) is 39.2 Å². The largest absolute Gasteiger partial charge is 0.311 e. The Balaban J connectivity index is 1.20. The first-order chi connectivity index (χ1) is 28.5. The van der Waals surface area contributed by atoms with E-state index < -0.39 is 0 Å². The zero-order chi connectivity index (χ0) is 40.7. The van der Waals surface area contributed by atoms with E-state index in [-0.39, 0.29) is 5.41 Å². The van der Waals surface area contributed by atoms with E-state index in [9.17, 15) is 0 Å². The smallest absolute Gasteiger partial charge is 0.238 e. The normalized spacial score (nSPS) is 15.6. The molecule has 0 radical (unpaired) electrons. The molecule has 0 aliphatic heterocycles. The van der Waals surface area contributed by atoms with E-state index >= 15 is 0 Å². The molecule has 5 aromatic carbocycles. The predicted molar refractivity (Wildman–Crippen MR) is 264 cm³/mol. The van der Waals surface area contributed by atoms with Crippen LogP contribution in [0.4, 0.5) is 17.1 Å². The topological polar surface area (TPSA) is 46.8 Å². The van der Waals surface area contributed by atoms with Crippen molar-refractivity contribution in [3.63, 3.8) is 0 Å². The van der Waals surface area contributed by atoms with Crippen LogP contribution in [0.1, 0.15) is 67.9 Å². The van der Waals surface area contributed by atoms with Gasteiger partial charge in [0.2, 0.25) is 5.95 Å². The Kier molecular flexibility index (Phi) is 8.90. The third-order valence-electron chi connectivity index (χ3n) is 13.8. The molecular weight excluding hydrogens is 713 g/mol. The lowest BCUT2D eigenvalue weighted by Crippen LogP contribution is -2.56. The third kappa shape index (κ3) is 5.78. The molecule has 0 atom stereocenters. The van der Waals surface area contributed by atoms with Crippen LogP contribution in [0.2, 0.25) is 0 Å². The SMILES string of the molecule is Bc1c(B)c(B)c(N(c2ccccc2)c2ccc3c(c2C)c2ccccc2n3-c2nc(C3=CCCC=C3)nc(C3=CC4=C(CC3)C(C)(C)c3ccccc34)n2)c(B)c1B. The number of nitrogens with zero attached hydrogens (tertiary/aromatic N) is 5. The van der Waals surface area contributed by atoms with Crippen molar-refractivity contribution in [2.45, 2.75) is 51.9 Å². The van der Waals surface area contributed by atoms with Crippen LogP contribution in [0.5, 0.6) is 0 Å². The van der Waals surface area contributed by atoms with E-state index in [1.165, 1.54) is 71.6 Å². The molecule has 10 heteroatoms. The van der Waals surface area contributed by atoms with Gasteiger partial charge in [-0.2, -0.15) is 9.97 Å². The standard InChI is InChI=1S/C49H46B5N5/c1-27-36(58(30-16-8-5-9-17-30)45-43(53)41(51)40(50)42(52)44(45)54)24-25-38-39(27)32-19-11-13-21-37(32)59(38)48-56-46(28-14-6-4-7-15-28)55-47(57-48)29-22-23-35-33(26-29)31-18-10-12-20-34(31)49(35,2)3/h5-6,8-21,24-26H,4,7,22-23,50-54H2,1-3H3. The first-order valence-electron chi connectivity index (χ1n) is 21.2. The Morgan fingerprint density at radius 1 is 0.678 bits per heavy atom. The highest BCUT2D eigenvalue weighted by Gasteiger charge is 2.38. The van der Waals surface area contributed by atoms with Crippen molar-refractivity contribution < 1.29 is 0 Å². The molecule has 282 valence electrons. The van der Waals surface area contributed by atoms with E-state index in [1.54, 1.807) is 0 Å². The van der Waals surface area contributed by atoms with Gasteiger partial charge < -0.3 is 4.90 Å². The quantitative estimate of drug-likeness (QED) is 0.243. The predicted octanol–water partition coefficient (Wildman–Crippen LogP) is 3.69. The summed E-state index contributed by atoms with van der Waals surface area (Å²) < 4.78 is 2.27. The molecule has 0 N–H and O–H groups in total.